The molecule has 2 aromatic heterocycles. The van der Waals surface area contributed by atoms with E-state index in [9.17, 15) is 18.0 Å². The van der Waals surface area contributed by atoms with Crippen LogP contribution in [0.4, 0.5) is 13.2 Å². The maximum Gasteiger partial charge on any atom is 0.437 e. The first kappa shape index (κ1) is 12.3. The van der Waals surface area contributed by atoms with E-state index >= 15 is 0 Å². The maximum atomic E-state index is 12.8. The van der Waals surface area contributed by atoms with E-state index in [-0.39, 0.29) is 17.8 Å². The van der Waals surface area contributed by atoms with Crippen molar-refractivity contribution in [1.29, 1.82) is 0 Å². The van der Waals surface area contributed by atoms with Crippen LogP contribution in [-0.4, -0.2) is 25.4 Å². The summed E-state index contributed by atoms with van der Waals surface area (Å²) in [5.41, 5.74) is -2.09. The Bertz CT molecular complexity index is 619. The van der Waals surface area contributed by atoms with E-state index in [0.717, 1.165) is 4.40 Å². The molecule has 2 heterocycles. The maximum absolute atomic E-state index is 12.8. The lowest BCUT2D eigenvalue weighted by Crippen LogP contribution is -2.18. The van der Waals surface area contributed by atoms with E-state index in [1.807, 2.05) is 0 Å². The number of aromatic nitrogens is 3. The zero-order valence-electron chi connectivity index (χ0n) is 9.19. The molecule has 18 heavy (non-hydrogen) atoms. The summed E-state index contributed by atoms with van der Waals surface area (Å²) >= 11 is 0. The minimum absolute atomic E-state index is 0.183. The summed E-state index contributed by atoms with van der Waals surface area (Å²) in [5, 5.41) is 8.92. The van der Waals surface area contributed by atoms with Crippen molar-refractivity contribution in [3.05, 3.63) is 29.5 Å². The Morgan fingerprint density at radius 2 is 2.17 bits per heavy atom. The predicted molar refractivity (Wildman–Crippen MR) is 54.3 cm³/mol. The minimum Gasteiger partial charge on any atom is -0.476 e. The van der Waals surface area contributed by atoms with Gasteiger partial charge in [0.05, 0.1) is 5.69 Å². The number of hydrogen-bond donors (Lipinski definition) is 1. The third-order valence-electron chi connectivity index (χ3n) is 2.45. The van der Waals surface area contributed by atoms with Crippen LogP contribution in [-0.2, 0) is 12.6 Å². The van der Waals surface area contributed by atoms with Crippen molar-refractivity contribution in [2.24, 2.45) is 0 Å². The summed E-state index contributed by atoms with van der Waals surface area (Å²) in [6, 6.07) is 0. The van der Waals surface area contributed by atoms with Gasteiger partial charge in [0.1, 0.15) is 0 Å². The number of carbonyl (C=O) groups is 1. The van der Waals surface area contributed by atoms with Crippen LogP contribution in [0.3, 0.4) is 0 Å². The van der Waals surface area contributed by atoms with Crippen LogP contribution in [0.2, 0.25) is 0 Å². The van der Waals surface area contributed by atoms with E-state index in [2.05, 4.69) is 9.97 Å². The molecule has 0 fully saturated rings. The fraction of sp³-hybridized carbons (Fsp3) is 0.300. The van der Waals surface area contributed by atoms with Gasteiger partial charge in [-0.05, 0) is 6.42 Å². The number of aromatic carboxylic acids is 1. The first-order valence-electron chi connectivity index (χ1n) is 5.02. The number of carboxylic acid groups (broad SMARTS) is 1. The highest BCUT2D eigenvalue weighted by Crippen LogP contribution is 2.31. The van der Waals surface area contributed by atoms with E-state index in [4.69, 9.17) is 5.11 Å². The molecule has 2 aromatic rings. The fourth-order valence-electron chi connectivity index (χ4n) is 1.74. The molecule has 8 heteroatoms. The third kappa shape index (κ3) is 1.79. The fourth-order valence-corrected chi connectivity index (χ4v) is 1.74. The highest BCUT2D eigenvalue weighted by Gasteiger charge is 2.38. The monoisotopic (exact) mass is 259 g/mol. The Morgan fingerprint density at radius 3 is 2.67 bits per heavy atom. The number of halogens is 3. The standard InChI is InChI=1S/C10H8F3N3O2/c1-2-5-6(9(17)18)15-7(10(11,12)13)8-14-3-4-16(5)8/h3-4H,2H2,1H3,(H,17,18). The van der Waals surface area contributed by atoms with Gasteiger partial charge in [-0.1, -0.05) is 6.92 Å². The summed E-state index contributed by atoms with van der Waals surface area (Å²) in [4.78, 5) is 17.8. The molecule has 0 radical (unpaired) electrons. The van der Waals surface area contributed by atoms with Crippen LogP contribution in [0.25, 0.3) is 5.65 Å². The molecule has 0 unspecified atom stereocenters. The molecule has 0 atom stereocenters. The molecule has 0 aromatic carbocycles. The SMILES string of the molecule is CCc1c(C(=O)O)nc(C(F)(F)F)c2nccn12. The first-order chi connectivity index (χ1) is 8.36. The minimum atomic E-state index is -4.75. The van der Waals surface area contributed by atoms with Gasteiger partial charge >= 0.3 is 12.1 Å². The normalized spacial score (nSPS) is 12.0. The lowest BCUT2D eigenvalue weighted by Gasteiger charge is -2.12. The second-order valence-electron chi connectivity index (χ2n) is 3.53. The van der Waals surface area contributed by atoms with Crippen LogP contribution in [0.15, 0.2) is 12.4 Å². The second kappa shape index (κ2) is 3.97. The van der Waals surface area contributed by atoms with Crippen LogP contribution in [0.1, 0.15) is 28.8 Å². The van der Waals surface area contributed by atoms with Crippen LogP contribution in [0, 0.1) is 0 Å². The predicted octanol–water partition coefficient (Wildman–Crippen LogP) is 2.01. The highest BCUT2D eigenvalue weighted by atomic mass is 19.4. The molecule has 0 aliphatic carbocycles. The van der Waals surface area contributed by atoms with Crippen molar-refractivity contribution in [1.82, 2.24) is 14.4 Å². The zero-order chi connectivity index (χ0) is 13.5. The molecule has 0 spiro atoms. The number of alkyl halides is 3. The van der Waals surface area contributed by atoms with E-state index in [1.165, 1.54) is 12.4 Å². The Balaban J connectivity index is 2.89. The van der Waals surface area contributed by atoms with Crippen molar-refractivity contribution in [2.45, 2.75) is 19.5 Å². The van der Waals surface area contributed by atoms with Crippen LogP contribution < -0.4 is 0 Å². The summed E-state index contributed by atoms with van der Waals surface area (Å²) < 4.78 is 39.4. The Labute approximate surface area is 98.9 Å². The van der Waals surface area contributed by atoms with Gasteiger partial charge in [0.25, 0.3) is 0 Å². The summed E-state index contributed by atoms with van der Waals surface area (Å²) in [6.45, 7) is 1.64. The summed E-state index contributed by atoms with van der Waals surface area (Å²) in [5.74, 6) is -1.49. The van der Waals surface area contributed by atoms with Crippen LogP contribution >= 0.6 is 0 Å². The lowest BCUT2D eigenvalue weighted by atomic mass is 10.2. The number of hydrogen-bond acceptors (Lipinski definition) is 3. The summed E-state index contributed by atoms with van der Waals surface area (Å²) in [7, 11) is 0. The number of aryl methyl sites for hydroxylation is 1. The summed E-state index contributed by atoms with van der Waals surface area (Å²) in [6.07, 6.45) is -2.04. The molecule has 0 saturated carbocycles. The van der Waals surface area contributed by atoms with Crippen molar-refractivity contribution >= 4 is 11.6 Å². The smallest absolute Gasteiger partial charge is 0.437 e. The van der Waals surface area contributed by atoms with Gasteiger partial charge in [-0.15, -0.1) is 0 Å². The average Bonchev–Trinajstić information content (AvgIpc) is 2.73. The molecule has 0 aliphatic rings. The molecular formula is C10H8F3N3O2. The van der Waals surface area contributed by atoms with Crippen molar-refractivity contribution in [3.8, 4) is 0 Å². The molecule has 0 aliphatic heterocycles. The highest BCUT2D eigenvalue weighted by molar-refractivity contribution is 5.87. The van der Waals surface area contributed by atoms with E-state index in [0.29, 0.717) is 0 Å². The zero-order valence-corrected chi connectivity index (χ0v) is 9.19. The molecule has 96 valence electrons. The first-order valence-corrected chi connectivity index (χ1v) is 5.02. The number of imidazole rings is 1. The van der Waals surface area contributed by atoms with Gasteiger partial charge in [0.15, 0.2) is 17.0 Å². The molecule has 2 rings (SSSR count). The Hall–Kier alpha value is -2.12. The van der Waals surface area contributed by atoms with Gasteiger partial charge in [-0.3, -0.25) is 4.40 Å². The largest absolute Gasteiger partial charge is 0.476 e. The second-order valence-corrected chi connectivity index (χ2v) is 3.53. The van der Waals surface area contributed by atoms with E-state index < -0.39 is 23.5 Å². The molecule has 5 nitrogen and oxygen atoms in total. The van der Waals surface area contributed by atoms with Gasteiger partial charge in [-0.25, -0.2) is 14.8 Å². The van der Waals surface area contributed by atoms with Crippen molar-refractivity contribution in [2.75, 3.05) is 0 Å². The molecule has 1 N–H and O–H groups in total. The topological polar surface area (TPSA) is 67.5 Å². The van der Waals surface area contributed by atoms with E-state index in [1.54, 1.807) is 6.92 Å². The number of fused-ring (bicyclic) bond motifs is 1. The number of rotatable bonds is 2. The molecule has 0 bridgehead atoms. The molecular weight excluding hydrogens is 251 g/mol. The van der Waals surface area contributed by atoms with Gasteiger partial charge < -0.3 is 5.11 Å². The van der Waals surface area contributed by atoms with Crippen LogP contribution in [0.5, 0.6) is 0 Å². The Kier molecular flexibility index (Phi) is 2.72. The third-order valence-corrected chi connectivity index (χ3v) is 2.45. The van der Waals surface area contributed by atoms with Gasteiger partial charge in [0.2, 0.25) is 0 Å². The molecule has 0 saturated heterocycles. The van der Waals surface area contributed by atoms with Gasteiger partial charge in [0, 0.05) is 12.4 Å². The number of nitrogens with zero attached hydrogens (tertiary/aromatic N) is 3. The quantitative estimate of drug-likeness (QED) is 0.895. The van der Waals surface area contributed by atoms with Crippen molar-refractivity contribution < 1.29 is 23.1 Å². The van der Waals surface area contributed by atoms with Gasteiger partial charge in [-0.2, -0.15) is 13.2 Å². The van der Waals surface area contributed by atoms with Crippen molar-refractivity contribution in [3.63, 3.8) is 0 Å². The molecule has 0 amide bonds. The lowest BCUT2D eigenvalue weighted by molar-refractivity contribution is -0.140. The number of carboxylic acids is 1. The average molecular weight is 259 g/mol. The Morgan fingerprint density at radius 1 is 1.50 bits per heavy atom.